The Labute approximate surface area is 165 Å². The molecule has 0 aliphatic rings. The first-order valence-electron chi connectivity index (χ1n) is 7.94. The van der Waals surface area contributed by atoms with Crippen molar-refractivity contribution in [3.8, 4) is 0 Å². The molecule has 0 atom stereocenters. The molecular formula is C18H17ClN2O5S. The molecule has 0 fully saturated rings. The molecule has 0 radical (unpaired) electrons. The Morgan fingerprint density at radius 1 is 1.22 bits per heavy atom. The van der Waals surface area contributed by atoms with Crippen molar-refractivity contribution in [3.05, 3.63) is 63.2 Å². The number of esters is 1. The minimum Gasteiger partial charge on any atom is -0.456 e. The number of amides is 1. The lowest BCUT2D eigenvalue weighted by molar-refractivity contribution is -0.384. The van der Waals surface area contributed by atoms with Gasteiger partial charge in [-0.25, -0.2) is 0 Å². The molecule has 9 heteroatoms. The lowest BCUT2D eigenvalue weighted by Crippen LogP contribution is -2.22. The van der Waals surface area contributed by atoms with Crippen molar-refractivity contribution >= 4 is 46.6 Å². The van der Waals surface area contributed by atoms with Gasteiger partial charge in [0.25, 0.3) is 11.6 Å². The molecule has 0 spiro atoms. The second kappa shape index (κ2) is 9.94. The van der Waals surface area contributed by atoms with Crippen LogP contribution in [0.1, 0.15) is 12.0 Å². The zero-order valence-electron chi connectivity index (χ0n) is 14.4. The van der Waals surface area contributed by atoms with Gasteiger partial charge in [0.1, 0.15) is 5.69 Å². The lowest BCUT2D eigenvalue weighted by atomic mass is 10.1. The third-order valence-corrected chi connectivity index (χ3v) is 4.73. The highest BCUT2D eigenvalue weighted by Crippen LogP contribution is 2.27. The van der Waals surface area contributed by atoms with Crippen LogP contribution in [0, 0.1) is 17.0 Å². The third-order valence-electron chi connectivity index (χ3n) is 3.46. The predicted octanol–water partition coefficient (Wildman–Crippen LogP) is 4.22. The summed E-state index contributed by atoms with van der Waals surface area (Å²) in [4.78, 5) is 35.1. The summed E-state index contributed by atoms with van der Waals surface area (Å²) in [6.07, 6.45) is 0.130. The Morgan fingerprint density at radius 2 is 1.93 bits per heavy atom. The number of hydrogen-bond acceptors (Lipinski definition) is 6. The maximum absolute atomic E-state index is 11.9. The predicted molar refractivity (Wildman–Crippen MR) is 104 cm³/mol. The first kappa shape index (κ1) is 20.7. The summed E-state index contributed by atoms with van der Waals surface area (Å²) in [7, 11) is 0. The Morgan fingerprint density at radius 3 is 2.59 bits per heavy atom. The van der Waals surface area contributed by atoms with E-state index >= 15 is 0 Å². The number of carbonyl (C=O) groups is 2. The standard InChI is InChI=1S/C18H17ClN2O5S/c1-12-3-2-4-15(21(24)25)18(12)20-16(22)11-26-17(23)9-10-27-14-7-5-13(19)6-8-14/h2-8H,9-11H2,1H3,(H,20,22). The molecule has 7 nitrogen and oxygen atoms in total. The minimum atomic E-state index is -0.633. The fourth-order valence-corrected chi connectivity index (χ4v) is 3.10. The highest BCUT2D eigenvalue weighted by Gasteiger charge is 2.18. The number of anilines is 1. The molecule has 0 bridgehead atoms. The van der Waals surface area contributed by atoms with Crippen molar-refractivity contribution in [2.45, 2.75) is 18.2 Å². The summed E-state index contributed by atoms with van der Waals surface area (Å²) in [5.74, 6) is -0.664. The number of ether oxygens (including phenoxy) is 1. The number of aryl methyl sites for hydroxylation is 1. The van der Waals surface area contributed by atoms with Crippen molar-refractivity contribution in [1.82, 2.24) is 0 Å². The van der Waals surface area contributed by atoms with Crippen molar-refractivity contribution in [3.63, 3.8) is 0 Å². The van der Waals surface area contributed by atoms with Crippen LogP contribution in [0.3, 0.4) is 0 Å². The fourth-order valence-electron chi connectivity index (χ4n) is 2.14. The zero-order chi connectivity index (χ0) is 19.8. The van der Waals surface area contributed by atoms with Crippen LogP contribution in [0.15, 0.2) is 47.4 Å². The average molecular weight is 409 g/mol. The fraction of sp³-hybridized carbons (Fsp3) is 0.222. The first-order valence-corrected chi connectivity index (χ1v) is 9.31. The van der Waals surface area contributed by atoms with E-state index in [-0.39, 0.29) is 17.8 Å². The van der Waals surface area contributed by atoms with Gasteiger partial charge in [0.2, 0.25) is 0 Å². The van der Waals surface area contributed by atoms with Gasteiger partial charge in [0, 0.05) is 21.7 Å². The monoisotopic (exact) mass is 408 g/mol. The van der Waals surface area contributed by atoms with E-state index in [1.54, 1.807) is 25.1 Å². The minimum absolute atomic E-state index is 0.0989. The van der Waals surface area contributed by atoms with Crippen LogP contribution in [-0.4, -0.2) is 29.2 Å². The molecule has 1 N–H and O–H groups in total. The lowest BCUT2D eigenvalue weighted by Gasteiger charge is -2.09. The Balaban J connectivity index is 1.77. The largest absolute Gasteiger partial charge is 0.456 e. The number of hydrogen-bond donors (Lipinski definition) is 1. The summed E-state index contributed by atoms with van der Waals surface area (Å²) >= 11 is 7.27. The topological polar surface area (TPSA) is 98.5 Å². The molecule has 2 rings (SSSR count). The summed E-state index contributed by atoms with van der Waals surface area (Å²) in [5, 5.41) is 14.1. The van der Waals surface area contributed by atoms with E-state index in [0.29, 0.717) is 16.3 Å². The normalized spacial score (nSPS) is 10.3. The molecule has 0 aliphatic heterocycles. The van der Waals surface area contributed by atoms with E-state index in [1.165, 1.54) is 23.9 Å². The van der Waals surface area contributed by atoms with Crippen LogP contribution in [0.25, 0.3) is 0 Å². The Hall–Kier alpha value is -2.58. The number of carbonyl (C=O) groups excluding carboxylic acids is 2. The molecule has 0 saturated carbocycles. The quantitative estimate of drug-likeness (QED) is 0.304. The molecule has 142 valence electrons. The summed E-state index contributed by atoms with van der Waals surface area (Å²) in [6, 6.07) is 11.7. The van der Waals surface area contributed by atoms with Crippen molar-refractivity contribution in [1.29, 1.82) is 0 Å². The van der Waals surface area contributed by atoms with Crippen molar-refractivity contribution < 1.29 is 19.2 Å². The van der Waals surface area contributed by atoms with Gasteiger partial charge in [0.05, 0.1) is 11.3 Å². The Kier molecular flexibility index (Phi) is 7.63. The van der Waals surface area contributed by atoms with Gasteiger partial charge in [-0.3, -0.25) is 19.7 Å². The van der Waals surface area contributed by atoms with Gasteiger partial charge in [-0.2, -0.15) is 0 Å². The summed E-state index contributed by atoms with van der Waals surface area (Å²) in [5.41, 5.74) is 0.430. The highest BCUT2D eigenvalue weighted by atomic mass is 35.5. The van der Waals surface area contributed by atoms with Gasteiger partial charge < -0.3 is 10.1 Å². The van der Waals surface area contributed by atoms with Crippen LogP contribution < -0.4 is 5.32 Å². The number of para-hydroxylation sites is 1. The summed E-state index contributed by atoms with van der Waals surface area (Å²) < 4.78 is 4.92. The van der Waals surface area contributed by atoms with E-state index in [2.05, 4.69) is 5.32 Å². The maximum atomic E-state index is 11.9. The number of benzene rings is 2. The van der Waals surface area contributed by atoms with Crippen LogP contribution in [0.4, 0.5) is 11.4 Å². The van der Waals surface area contributed by atoms with Crippen molar-refractivity contribution in [2.75, 3.05) is 17.7 Å². The highest BCUT2D eigenvalue weighted by molar-refractivity contribution is 7.99. The molecule has 2 aromatic carbocycles. The number of nitro groups is 1. The van der Waals surface area contributed by atoms with Crippen LogP contribution in [0.5, 0.6) is 0 Å². The molecule has 0 aliphatic carbocycles. The van der Waals surface area contributed by atoms with Crippen LogP contribution >= 0.6 is 23.4 Å². The Bertz CT molecular complexity index is 842. The van der Waals surface area contributed by atoms with Gasteiger partial charge in [0.15, 0.2) is 6.61 Å². The smallest absolute Gasteiger partial charge is 0.307 e. The van der Waals surface area contributed by atoms with E-state index in [0.717, 1.165) is 4.90 Å². The van der Waals surface area contributed by atoms with E-state index in [1.807, 2.05) is 12.1 Å². The molecule has 0 heterocycles. The van der Waals surface area contributed by atoms with Gasteiger partial charge in [-0.1, -0.05) is 23.7 Å². The number of thioether (sulfide) groups is 1. The second-order valence-corrected chi connectivity index (χ2v) is 7.09. The van der Waals surface area contributed by atoms with E-state index in [9.17, 15) is 19.7 Å². The van der Waals surface area contributed by atoms with E-state index < -0.39 is 23.4 Å². The van der Waals surface area contributed by atoms with Gasteiger partial charge in [-0.15, -0.1) is 11.8 Å². The number of nitrogens with one attached hydrogen (secondary N) is 1. The number of nitro benzene ring substituents is 1. The molecule has 1 amide bonds. The van der Waals surface area contributed by atoms with Gasteiger partial charge >= 0.3 is 5.97 Å². The SMILES string of the molecule is Cc1cccc([N+](=O)[O-])c1NC(=O)COC(=O)CCSc1ccc(Cl)cc1. The molecular weight excluding hydrogens is 392 g/mol. The molecule has 0 saturated heterocycles. The second-order valence-electron chi connectivity index (χ2n) is 5.49. The van der Waals surface area contributed by atoms with E-state index in [4.69, 9.17) is 16.3 Å². The molecule has 27 heavy (non-hydrogen) atoms. The number of rotatable bonds is 8. The number of halogens is 1. The molecule has 0 aromatic heterocycles. The first-order chi connectivity index (χ1) is 12.9. The molecule has 2 aromatic rings. The molecule has 0 unspecified atom stereocenters. The van der Waals surface area contributed by atoms with Crippen LogP contribution in [0.2, 0.25) is 5.02 Å². The number of nitrogens with zero attached hydrogens (tertiary/aromatic N) is 1. The van der Waals surface area contributed by atoms with Gasteiger partial charge in [-0.05, 0) is 36.8 Å². The van der Waals surface area contributed by atoms with Crippen LogP contribution in [-0.2, 0) is 14.3 Å². The summed E-state index contributed by atoms with van der Waals surface area (Å²) in [6.45, 7) is 1.14. The average Bonchev–Trinajstić information content (AvgIpc) is 2.63. The zero-order valence-corrected chi connectivity index (χ0v) is 16.0. The maximum Gasteiger partial charge on any atom is 0.307 e. The third kappa shape index (κ3) is 6.58. The van der Waals surface area contributed by atoms with Crippen molar-refractivity contribution in [2.24, 2.45) is 0 Å².